The summed E-state index contributed by atoms with van der Waals surface area (Å²) in [4.78, 5) is 54.6. The minimum atomic E-state index is -0.811. The van der Waals surface area contributed by atoms with Gasteiger partial charge in [0.1, 0.15) is 23.4 Å². The fourth-order valence-corrected chi connectivity index (χ4v) is 7.77. The lowest BCUT2D eigenvalue weighted by molar-refractivity contribution is -0.122. The Morgan fingerprint density at radius 1 is 1.03 bits per heavy atom. The largest absolute Gasteiger partial charge is 0.469 e. The summed E-state index contributed by atoms with van der Waals surface area (Å²) >= 11 is 5.42. The van der Waals surface area contributed by atoms with Crippen LogP contribution in [0.4, 0.5) is 15.8 Å². The topological polar surface area (TPSA) is 102 Å². The Hall–Kier alpha value is -3.48. The van der Waals surface area contributed by atoms with Gasteiger partial charge in [-0.15, -0.1) is 0 Å². The number of hydrogen-bond acceptors (Lipinski definition) is 7. The van der Waals surface area contributed by atoms with Crippen molar-refractivity contribution in [3.63, 3.8) is 0 Å². The Kier molecular flexibility index (Phi) is 6.33. The van der Waals surface area contributed by atoms with Crippen molar-refractivity contribution in [1.29, 1.82) is 0 Å². The number of thiazole rings is 1. The maximum Gasteiger partial charge on any atom is 0.308 e. The van der Waals surface area contributed by atoms with Gasteiger partial charge in [-0.05, 0) is 60.7 Å². The minimum absolute atomic E-state index is 0.310. The van der Waals surface area contributed by atoms with E-state index in [2.05, 4.69) is 21.2 Å². The number of benzene rings is 2. The third-order valence-corrected chi connectivity index (χ3v) is 9.55. The maximum absolute atomic E-state index is 13.7. The third kappa shape index (κ3) is 4.22. The van der Waals surface area contributed by atoms with Crippen LogP contribution in [0, 0.1) is 11.7 Å². The number of furan rings is 1. The van der Waals surface area contributed by atoms with E-state index in [4.69, 9.17) is 4.42 Å². The Bertz CT molecular complexity index is 1620. The van der Waals surface area contributed by atoms with Gasteiger partial charge in [0.15, 0.2) is 0 Å². The number of halogens is 2. The number of aromatic nitrogens is 1. The summed E-state index contributed by atoms with van der Waals surface area (Å²) in [6.45, 7) is -0.310. The highest BCUT2D eigenvalue weighted by Crippen LogP contribution is 2.53. The molecular weight excluding hydrogens is 597 g/mol. The number of fused-ring (bicyclic) bond motifs is 2. The SMILES string of the molecule is O=C(Cn1c2c(sc1=O)[C@@H](c1ccco1)[C@@H]1C(=O)N(c3ccc(Br)cc3)C(=O)[C@@H]1S2)Nc1ccc(F)cc1. The average Bonchev–Trinajstić information content (AvgIpc) is 3.59. The van der Waals surface area contributed by atoms with Gasteiger partial charge in [-0.1, -0.05) is 39.0 Å². The summed E-state index contributed by atoms with van der Waals surface area (Å²) in [5.74, 6) is -2.67. The third-order valence-electron chi connectivity index (χ3n) is 6.41. The molecule has 0 spiro atoms. The quantitative estimate of drug-likeness (QED) is 0.323. The standard InChI is InChI=1S/C26H17BrFN3O5S2/c27-13-3-9-16(10-4-13)31-23(33)20-19(17-2-1-11-36-17)22-25(37-21(20)24(31)34)30(26(35)38-22)12-18(32)29-15-7-5-14(28)6-8-15/h1-11,19-21H,12H2,(H,29,32)/t19-,20-,21+/m0/s1. The van der Waals surface area contributed by atoms with Gasteiger partial charge < -0.3 is 9.73 Å². The molecule has 38 heavy (non-hydrogen) atoms. The second kappa shape index (κ2) is 9.68. The van der Waals surface area contributed by atoms with Crippen LogP contribution in [-0.4, -0.2) is 27.5 Å². The maximum atomic E-state index is 13.7. The molecule has 4 heterocycles. The molecule has 2 aliphatic heterocycles. The van der Waals surface area contributed by atoms with Crippen LogP contribution in [0.15, 0.2) is 85.6 Å². The van der Waals surface area contributed by atoms with E-state index >= 15 is 0 Å². The summed E-state index contributed by atoms with van der Waals surface area (Å²) < 4.78 is 21.0. The van der Waals surface area contributed by atoms with Crippen LogP contribution in [0.3, 0.4) is 0 Å². The Morgan fingerprint density at radius 3 is 2.45 bits per heavy atom. The number of rotatable bonds is 5. The molecule has 4 aromatic rings. The average molecular weight is 614 g/mol. The summed E-state index contributed by atoms with van der Waals surface area (Å²) in [7, 11) is 0. The predicted molar refractivity (Wildman–Crippen MR) is 144 cm³/mol. The van der Waals surface area contributed by atoms with Crippen molar-refractivity contribution in [2.45, 2.75) is 22.7 Å². The molecule has 1 N–H and O–H groups in total. The first-order valence-electron chi connectivity index (χ1n) is 11.4. The normalized spacial score (nSPS) is 20.4. The highest BCUT2D eigenvalue weighted by Gasteiger charge is 2.57. The van der Waals surface area contributed by atoms with Gasteiger partial charge in [-0.25, -0.2) is 9.29 Å². The van der Waals surface area contributed by atoms with Crippen molar-refractivity contribution in [2.75, 3.05) is 10.2 Å². The zero-order valence-corrected chi connectivity index (χ0v) is 22.5. The molecule has 2 aromatic carbocycles. The number of thioether (sulfide) groups is 1. The van der Waals surface area contributed by atoms with Gasteiger partial charge in [0.25, 0.3) is 0 Å². The van der Waals surface area contributed by atoms with Crippen molar-refractivity contribution in [1.82, 2.24) is 4.57 Å². The Labute approximate surface area is 231 Å². The number of hydrogen-bond donors (Lipinski definition) is 1. The number of nitrogens with one attached hydrogen (secondary N) is 1. The zero-order chi connectivity index (χ0) is 26.6. The molecule has 0 radical (unpaired) electrons. The molecule has 2 aliphatic rings. The van der Waals surface area contributed by atoms with Crippen molar-refractivity contribution in [3.05, 3.63) is 97.5 Å². The molecule has 8 nitrogen and oxygen atoms in total. The van der Waals surface area contributed by atoms with Crippen LogP contribution >= 0.6 is 39.0 Å². The summed E-state index contributed by atoms with van der Waals surface area (Å²) in [6.07, 6.45) is 1.48. The van der Waals surface area contributed by atoms with Crippen LogP contribution in [-0.2, 0) is 20.9 Å². The highest BCUT2D eigenvalue weighted by molar-refractivity contribution is 9.10. The van der Waals surface area contributed by atoms with Gasteiger partial charge in [-0.2, -0.15) is 0 Å². The lowest BCUT2D eigenvalue weighted by Gasteiger charge is -2.29. The van der Waals surface area contributed by atoms with E-state index < -0.39 is 39.6 Å². The van der Waals surface area contributed by atoms with E-state index in [0.717, 1.165) is 27.6 Å². The summed E-state index contributed by atoms with van der Waals surface area (Å²) in [5.41, 5.74) is 0.840. The fraction of sp³-hybridized carbons (Fsp3) is 0.154. The number of carbonyl (C=O) groups excluding carboxylic acids is 3. The highest BCUT2D eigenvalue weighted by atomic mass is 79.9. The molecule has 0 bridgehead atoms. The first-order valence-corrected chi connectivity index (χ1v) is 13.9. The van der Waals surface area contributed by atoms with Gasteiger partial charge in [0.2, 0.25) is 17.7 Å². The number of nitrogens with zero attached hydrogens (tertiary/aromatic N) is 2. The van der Waals surface area contributed by atoms with Crippen LogP contribution in [0.5, 0.6) is 0 Å². The van der Waals surface area contributed by atoms with E-state index in [1.165, 1.54) is 40.0 Å². The van der Waals surface area contributed by atoms with E-state index in [1.54, 1.807) is 36.4 Å². The molecule has 3 amide bonds. The predicted octanol–water partition coefficient (Wildman–Crippen LogP) is 4.84. The first kappa shape index (κ1) is 24.8. The smallest absolute Gasteiger partial charge is 0.308 e. The molecule has 0 unspecified atom stereocenters. The minimum Gasteiger partial charge on any atom is -0.469 e. The Balaban J connectivity index is 1.38. The molecule has 3 atom stereocenters. The van der Waals surface area contributed by atoms with Crippen LogP contribution < -0.4 is 15.1 Å². The second-order valence-corrected chi connectivity index (χ2v) is 11.8. The van der Waals surface area contributed by atoms with Crippen molar-refractivity contribution in [3.8, 4) is 0 Å². The summed E-state index contributed by atoms with van der Waals surface area (Å²) in [6, 6.07) is 15.6. The van der Waals surface area contributed by atoms with Crippen molar-refractivity contribution in [2.24, 2.45) is 5.92 Å². The molecule has 1 saturated heterocycles. The molecule has 1 fully saturated rings. The molecule has 0 aliphatic carbocycles. The molecule has 12 heteroatoms. The fourth-order valence-electron chi connectivity index (χ4n) is 4.75. The van der Waals surface area contributed by atoms with Crippen LogP contribution in [0.1, 0.15) is 16.6 Å². The van der Waals surface area contributed by atoms with E-state index in [9.17, 15) is 23.6 Å². The lowest BCUT2D eigenvalue weighted by atomic mass is 9.87. The number of imide groups is 1. The number of amides is 3. The van der Waals surface area contributed by atoms with Gasteiger partial charge in [0.05, 0.1) is 33.7 Å². The molecule has 0 saturated carbocycles. The molecular formula is C26H17BrFN3O5S2. The second-order valence-electron chi connectivity index (χ2n) is 8.72. The van der Waals surface area contributed by atoms with Crippen molar-refractivity contribution >= 4 is 68.1 Å². The molecule has 192 valence electrons. The molecule has 6 rings (SSSR count). The zero-order valence-electron chi connectivity index (χ0n) is 19.3. The van der Waals surface area contributed by atoms with Gasteiger partial charge >= 0.3 is 4.87 Å². The van der Waals surface area contributed by atoms with E-state index in [0.29, 0.717) is 27.0 Å². The lowest BCUT2D eigenvalue weighted by Crippen LogP contribution is -2.32. The summed E-state index contributed by atoms with van der Waals surface area (Å²) in [5, 5.41) is 2.30. The number of carbonyl (C=O) groups is 3. The van der Waals surface area contributed by atoms with E-state index in [-0.39, 0.29) is 12.5 Å². The van der Waals surface area contributed by atoms with Gasteiger partial charge in [-0.3, -0.25) is 23.7 Å². The van der Waals surface area contributed by atoms with Crippen molar-refractivity contribution < 1.29 is 23.2 Å². The first-order chi connectivity index (χ1) is 18.3. The monoisotopic (exact) mass is 613 g/mol. The number of anilines is 2. The molecule has 2 aromatic heterocycles. The van der Waals surface area contributed by atoms with Gasteiger partial charge in [0, 0.05) is 10.2 Å². The van der Waals surface area contributed by atoms with Crippen LogP contribution in [0.25, 0.3) is 0 Å². The van der Waals surface area contributed by atoms with Crippen LogP contribution in [0.2, 0.25) is 0 Å². The Morgan fingerprint density at radius 2 is 1.76 bits per heavy atom. The van der Waals surface area contributed by atoms with E-state index in [1.807, 2.05) is 0 Å².